The van der Waals surface area contributed by atoms with Crippen molar-refractivity contribution >= 4 is 10.9 Å². The highest BCUT2D eigenvalue weighted by atomic mass is 16.3. The molecule has 0 spiro atoms. The molecule has 0 atom stereocenters. The Balaban J connectivity index is 2.25. The van der Waals surface area contributed by atoms with Gasteiger partial charge in [-0.15, -0.1) is 0 Å². The molecule has 0 aliphatic carbocycles. The van der Waals surface area contributed by atoms with Crippen LogP contribution < -0.4 is 0 Å². The lowest BCUT2D eigenvalue weighted by Crippen LogP contribution is -1.96. The molecule has 0 aliphatic heterocycles. The SMILES string of the molecule is Cc1cc(-n2ncc3c(O)cccc32)ccc1O. The molecule has 2 N–H and O–H groups in total. The average molecular weight is 240 g/mol. The standard InChI is InChI=1S/C14H12N2O2/c1-9-7-10(5-6-13(9)17)16-12-3-2-4-14(18)11(12)8-15-16/h2-8,17-18H,1H3. The molecule has 0 unspecified atom stereocenters. The number of nitrogens with zero attached hydrogens (tertiary/aromatic N) is 2. The highest BCUT2D eigenvalue weighted by Gasteiger charge is 2.08. The van der Waals surface area contributed by atoms with Gasteiger partial charge in [0.2, 0.25) is 0 Å². The number of hydrogen-bond donors (Lipinski definition) is 2. The first-order valence-corrected chi connectivity index (χ1v) is 5.62. The van der Waals surface area contributed by atoms with Crippen molar-refractivity contribution in [3.63, 3.8) is 0 Å². The van der Waals surface area contributed by atoms with E-state index in [0.29, 0.717) is 5.39 Å². The van der Waals surface area contributed by atoms with Crippen LogP contribution in [0.3, 0.4) is 0 Å². The lowest BCUT2D eigenvalue weighted by molar-refractivity contribution is 0.471. The average Bonchev–Trinajstić information content (AvgIpc) is 2.78. The lowest BCUT2D eigenvalue weighted by atomic mass is 10.2. The number of hydrogen-bond acceptors (Lipinski definition) is 3. The van der Waals surface area contributed by atoms with Gasteiger partial charge in [0.05, 0.1) is 22.8 Å². The second-order valence-corrected chi connectivity index (χ2v) is 4.24. The largest absolute Gasteiger partial charge is 0.508 e. The molecule has 0 amide bonds. The van der Waals surface area contributed by atoms with Gasteiger partial charge in [0, 0.05) is 0 Å². The monoisotopic (exact) mass is 240 g/mol. The van der Waals surface area contributed by atoms with Crippen molar-refractivity contribution in [1.82, 2.24) is 9.78 Å². The first kappa shape index (κ1) is 10.7. The molecule has 4 heteroatoms. The van der Waals surface area contributed by atoms with E-state index in [1.165, 1.54) is 0 Å². The number of phenols is 2. The molecule has 18 heavy (non-hydrogen) atoms. The third-order valence-corrected chi connectivity index (χ3v) is 3.02. The third kappa shape index (κ3) is 1.50. The molecule has 3 aromatic rings. The van der Waals surface area contributed by atoms with E-state index in [4.69, 9.17) is 0 Å². The molecule has 4 nitrogen and oxygen atoms in total. The van der Waals surface area contributed by atoms with Crippen molar-refractivity contribution in [1.29, 1.82) is 0 Å². The Morgan fingerprint density at radius 3 is 2.67 bits per heavy atom. The van der Waals surface area contributed by atoms with Crippen LogP contribution in [0.5, 0.6) is 11.5 Å². The number of benzene rings is 2. The van der Waals surface area contributed by atoms with Crippen LogP contribution in [0.4, 0.5) is 0 Å². The van der Waals surface area contributed by atoms with Crippen molar-refractivity contribution in [3.8, 4) is 17.2 Å². The van der Waals surface area contributed by atoms with E-state index >= 15 is 0 Å². The molecule has 1 heterocycles. The first-order valence-electron chi connectivity index (χ1n) is 5.62. The summed E-state index contributed by atoms with van der Waals surface area (Å²) in [5, 5.41) is 24.2. The zero-order chi connectivity index (χ0) is 12.7. The Labute approximate surface area is 104 Å². The normalized spacial score (nSPS) is 10.9. The Kier molecular flexibility index (Phi) is 2.23. The summed E-state index contributed by atoms with van der Waals surface area (Å²) < 4.78 is 1.74. The maximum absolute atomic E-state index is 9.74. The quantitative estimate of drug-likeness (QED) is 0.687. The van der Waals surface area contributed by atoms with E-state index in [9.17, 15) is 10.2 Å². The number of rotatable bonds is 1. The van der Waals surface area contributed by atoms with Gasteiger partial charge in [-0.3, -0.25) is 0 Å². The molecule has 3 rings (SSSR count). The van der Waals surface area contributed by atoms with E-state index in [2.05, 4.69) is 5.10 Å². The molecule has 0 saturated heterocycles. The molecule has 1 aromatic heterocycles. The molecule has 2 aromatic carbocycles. The van der Waals surface area contributed by atoms with Crippen molar-refractivity contribution in [2.75, 3.05) is 0 Å². The topological polar surface area (TPSA) is 58.3 Å². The number of aromatic hydroxyl groups is 2. The van der Waals surface area contributed by atoms with Gasteiger partial charge >= 0.3 is 0 Å². The molecule has 0 fully saturated rings. The minimum absolute atomic E-state index is 0.217. The Morgan fingerprint density at radius 1 is 1.06 bits per heavy atom. The molecule has 0 bridgehead atoms. The smallest absolute Gasteiger partial charge is 0.126 e. The van der Waals surface area contributed by atoms with Crippen molar-refractivity contribution in [2.45, 2.75) is 6.92 Å². The minimum atomic E-state index is 0.217. The molecule has 90 valence electrons. The van der Waals surface area contributed by atoms with Crippen LogP contribution in [0.25, 0.3) is 16.6 Å². The van der Waals surface area contributed by atoms with Gasteiger partial charge in [0.1, 0.15) is 11.5 Å². The Hall–Kier alpha value is -2.49. The fourth-order valence-corrected chi connectivity index (χ4v) is 2.01. The minimum Gasteiger partial charge on any atom is -0.508 e. The van der Waals surface area contributed by atoms with Crippen LogP contribution in [-0.4, -0.2) is 20.0 Å². The number of fused-ring (bicyclic) bond motifs is 1. The summed E-state index contributed by atoms with van der Waals surface area (Å²) in [6.45, 7) is 1.84. The maximum atomic E-state index is 9.74. The predicted molar refractivity (Wildman–Crippen MR) is 69.1 cm³/mol. The van der Waals surface area contributed by atoms with Crippen LogP contribution in [0.1, 0.15) is 5.56 Å². The van der Waals surface area contributed by atoms with E-state index in [1.54, 1.807) is 35.1 Å². The van der Waals surface area contributed by atoms with Gasteiger partial charge in [-0.2, -0.15) is 5.10 Å². The maximum Gasteiger partial charge on any atom is 0.126 e. The number of aryl methyl sites for hydroxylation is 1. The lowest BCUT2D eigenvalue weighted by Gasteiger charge is -2.06. The summed E-state index contributed by atoms with van der Waals surface area (Å²) in [5.41, 5.74) is 2.47. The summed E-state index contributed by atoms with van der Waals surface area (Å²) in [6.07, 6.45) is 1.63. The summed E-state index contributed by atoms with van der Waals surface area (Å²) in [6, 6.07) is 10.6. The van der Waals surface area contributed by atoms with Gasteiger partial charge in [-0.05, 0) is 42.8 Å². The fourth-order valence-electron chi connectivity index (χ4n) is 2.01. The zero-order valence-electron chi connectivity index (χ0n) is 9.83. The summed E-state index contributed by atoms with van der Waals surface area (Å²) in [5.74, 6) is 0.479. The summed E-state index contributed by atoms with van der Waals surface area (Å²) in [7, 11) is 0. The Bertz CT molecular complexity index is 732. The van der Waals surface area contributed by atoms with Gasteiger partial charge < -0.3 is 10.2 Å². The molecular weight excluding hydrogens is 228 g/mol. The van der Waals surface area contributed by atoms with Crippen LogP contribution in [0.15, 0.2) is 42.6 Å². The Morgan fingerprint density at radius 2 is 1.89 bits per heavy atom. The van der Waals surface area contributed by atoms with Crippen LogP contribution in [0.2, 0.25) is 0 Å². The van der Waals surface area contributed by atoms with Crippen LogP contribution >= 0.6 is 0 Å². The fraction of sp³-hybridized carbons (Fsp3) is 0.0714. The van der Waals surface area contributed by atoms with Crippen LogP contribution in [0, 0.1) is 6.92 Å². The van der Waals surface area contributed by atoms with Crippen molar-refractivity contribution < 1.29 is 10.2 Å². The predicted octanol–water partition coefficient (Wildman–Crippen LogP) is 2.75. The number of phenolic OH excluding ortho intramolecular Hbond substituents is 2. The van der Waals surface area contributed by atoms with E-state index in [0.717, 1.165) is 16.8 Å². The summed E-state index contributed by atoms with van der Waals surface area (Å²) >= 11 is 0. The van der Waals surface area contributed by atoms with Gasteiger partial charge in [0.15, 0.2) is 0 Å². The molecule has 0 radical (unpaired) electrons. The van der Waals surface area contributed by atoms with E-state index in [-0.39, 0.29) is 11.5 Å². The van der Waals surface area contributed by atoms with Gasteiger partial charge in [-0.1, -0.05) is 6.07 Å². The van der Waals surface area contributed by atoms with Crippen molar-refractivity contribution in [3.05, 3.63) is 48.2 Å². The number of aromatic nitrogens is 2. The first-order chi connectivity index (χ1) is 8.66. The molecular formula is C14H12N2O2. The van der Waals surface area contributed by atoms with Gasteiger partial charge in [-0.25, -0.2) is 4.68 Å². The van der Waals surface area contributed by atoms with Crippen LogP contribution in [-0.2, 0) is 0 Å². The molecule has 0 aliphatic rings. The van der Waals surface area contributed by atoms with E-state index < -0.39 is 0 Å². The second-order valence-electron chi connectivity index (χ2n) is 4.24. The summed E-state index contributed by atoms with van der Waals surface area (Å²) in [4.78, 5) is 0. The van der Waals surface area contributed by atoms with E-state index in [1.807, 2.05) is 19.1 Å². The van der Waals surface area contributed by atoms with Crippen molar-refractivity contribution in [2.24, 2.45) is 0 Å². The third-order valence-electron chi connectivity index (χ3n) is 3.02. The van der Waals surface area contributed by atoms with Gasteiger partial charge in [0.25, 0.3) is 0 Å². The second kappa shape index (κ2) is 3.77. The zero-order valence-corrected chi connectivity index (χ0v) is 9.83. The highest BCUT2D eigenvalue weighted by molar-refractivity contribution is 5.86. The highest BCUT2D eigenvalue weighted by Crippen LogP contribution is 2.27. The molecule has 0 saturated carbocycles.